The van der Waals surface area contributed by atoms with Crippen LogP contribution in [0, 0.1) is 6.92 Å². The molecule has 2 aromatic carbocycles. The number of hydrogen-bond donors (Lipinski definition) is 1. The summed E-state index contributed by atoms with van der Waals surface area (Å²) in [5.41, 5.74) is 2.34. The average molecular weight is 334 g/mol. The van der Waals surface area contributed by atoms with E-state index in [-0.39, 0.29) is 6.04 Å². The van der Waals surface area contributed by atoms with Gasteiger partial charge in [-0.2, -0.15) is 0 Å². The smallest absolute Gasteiger partial charge is 0.132 e. The van der Waals surface area contributed by atoms with Crippen molar-refractivity contribution < 1.29 is 4.74 Å². The summed E-state index contributed by atoms with van der Waals surface area (Å²) in [6, 6.07) is 14.5. The quantitative estimate of drug-likeness (QED) is 0.809. The van der Waals surface area contributed by atoms with Crippen molar-refractivity contribution in [2.24, 2.45) is 0 Å². The average Bonchev–Trinajstić information content (AvgIpc) is 2.44. The van der Waals surface area contributed by atoms with E-state index >= 15 is 0 Å². The first-order chi connectivity index (χ1) is 9.61. The highest BCUT2D eigenvalue weighted by Gasteiger charge is 2.11. The minimum absolute atomic E-state index is 0.271. The van der Waals surface area contributed by atoms with Gasteiger partial charge >= 0.3 is 0 Å². The topological polar surface area (TPSA) is 21.3 Å². The van der Waals surface area contributed by atoms with Crippen molar-refractivity contribution >= 4 is 15.9 Å². The molecule has 0 aliphatic rings. The number of ether oxygens (including phenoxy) is 1. The van der Waals surface area contributed by atoms with E-state index in [1.807, 2.05) is 36.4 Å². The highest BCUT2D eigenvalue weighted by Crippen LogP contribution is 2.31. The first kappa shape index (κ1) is 15.1. The molecule has 0 spiro atoms. The van der Waals surface area contributed by atoms with E-state index in [1.165, 1.54) is 11.1 Å². The summed E-state index contributed by atoms with van der Waals surface area (Å²) in [7, 11) is 0. The fraction of sp³-hybridized carbons (Fsp3) is 0.294. The van der Waals surface area contributed by atoms with E-state index in [2.05, 4.69) is 48.1 Å². The van der Waals surface area contributed by atoms with Crippen LogP contribution in [0.25, 0.3) is 0 Å². The molecule has 0 fully saturated rings. The Kier molecular flexibility index (Phi) is 5.21. The third-order valence-corrected chi connectivity index (χ3v) is 4.14. The van der Waals surface area contributed by atoms with Crippen molar-refractivity contribution in [2.45, 2.75) is 26.8 Å². The third-order valence-electron chi connectivity index (χ3n) is 3.25. The Morgan fingerprint density at radius 1 is 1.20 bits per heavy atom. The second-order valence-corrected chi connectivity index (χ2v) is 5.68. The SMILES string of the molecule is CCNC(C)c1ccccc1Oc1ccc(Br)c(C)c1. The molecule has 2 nitrogen and oxygen atoms in total. The van der Waals surface area contributed by atoms with Crippen molar-refractivity contribution in [1.82, 2.24) is 5.32 Å². The summed E-state index contributed by atoms with van der Waals surface area (Å²) in [5.74, 6) is 1.77. The van der Waals surface area contributed by atoms with Gasteiger partial charge in [-0.25, -0.2) is 0 Å². The molecule has 1 atom stereocenters. The molecule has 0 aromatic heterocycles. The van der Waals surface area contributed by atoms with Crippen LogP contribution in [0.3, 0.4) is 0 Å². The third kappa shape index (κ3) is 3.62. The van der Waals surface area contributed by atoms with Gasteiger partial charge in [0, 0.05) is 16.1 Å². The Labute approximate surface area is 129 Å². The molecule has 3 heteroatoms. The van der Waals surface area contributed by atoms with Crippen LogP contribution in [-0.4, -0.2) is 6.54 Å². The van der Waals surface area contributed by atoms with Crippen LogP contribution >= 0.6 is 15.9 Å². The first-order valence-electron chi connectivity index (χ1n) is 6.88. The summed E-state index contributed by atoms with van der Waals surface area (Å²) in [6.45, 7) is 7.26. The van der Waals surface area contributed by atoms with Gasteiger partial charge in [0.05, 0.1) is 0 Å². The Bertz CT molecular complexity index is 583. The van der Waals surface area contributed by atoms with Crippen molar-refractivity contribution in [3.05, 3.63) is 58.1 Å². The highest BCUT2D eigenvalue weighted by molar-refractivity contribution is 9.10. The van der Waals surface area contributed by atoms with Crippen molar-refractivity contribution in [3.8, 4) is 11.5 Å². The molecule has 2 aromatic rings. The molecule has 0 aliphatic heterocycles. The summed E-state index contributed by atoms with van der Waals surface area (Å²) >= 11 is 3.51. The van der Waals surface area contributed by atoms with E-state index < -0.39 is 0 Å². The number of halogens is 1. The van der Waals surface area contributed by atoms with Gasteiger partial charge in [0.25, 0.3) is 0 Å². The van der Waals surface area contributed by atoms with E-state index in [0.29, 0.717) is 0 Å². The van der Waals surface area contributed by atoms with Crippen LogP contribution in [0.15, 0.2) is 46.9 Å². The van der Waals surface area contributed by atoms with Crippen molar-refractivity contribution in [2.75, 3.05) is 6.54 Å². The monoisotopic (exact) mass is 333 g/mol. The molecule has 0 radical (unpaired) electrons. The molecule has 0 saturated heterocycles. The molecule has 0 amide bonds. The van der Waals surface area contributed by atoms with Gasteiger partial charge in [0.1, 0.15) is 11.5 Å². The van der Waals surface area contributed by atoms with Gasteiger partial charge in [-0.05, 0) is 50.2 Å². The molecule has 106 valence electrons. The van der Waals surface area contributed by atoms with Crippen LogP contribution in [0.5, 0.6) is 11.5 Å². The van der Waals surface area contributed by atoms with Crippen molar-refractivity contribution in [3.63, 3.8) is 0 Å². The van der Waals surface area contributed by atoms with E-state index in [9.17, 15) is 0 Å². The Morgan fingerprint density at radius 3 is 2.65 bits per heavy atom. The first-order valence-corrected chi connectivity index (χ1v) is 7.67. The maximum absolute atomic E-state index is 6.05. The second kappa shape index (κ2) is 6.91. The summed E-state index contributed by atoms with van der Waals surface area (Å²) in [6.07, 6.45) is 0. The predicted octanol–water partition coefficient (Wildman–Crippen LogP) is 5.22. The lowest BCUT2D eigenvalue weighted by atomic mass is 10.1. The molecule has 20 heavy (non-hydrogen) atoms. The van der Waals surface area contributed by atoms with Crippen LogP contribution in [0.2, 0.25) is 0 Å². The zero-order valence-electron chi connectivity index (χ0n) is 12.1. The Morgan fingerprint density at radius 2 is 1.95 bits per heavy atom. The van der Waals surface area contributed by atoms with Crippen LogP contribution in [0.1, 0.15) is 31.0 Å². The predicted molar refractivity (Wildman–Crippen MR) is 87.5 cm³/mol. The van der Waals surface area contributed by atoms with Crippen LogP contribution in [-0.2, 0) is 0 Å². The zero-order chi connectivity index (χ0) is 14.5. The van der Waals surface area contributed by atoms with Gasteiger partial charge in [-0.15, -0.1) is 0 Å². The highest BCUT2D eigenvalue weighted by atomic mass is 79.9. The Hall–Kier alpha value is -1.32. The lowest BCUT2D eigenvalue weighted by molar-refractivity contribution is 0.462. The summed E-state index contributed by atoms with van der Waals surface area (Å²) in [4.78, 5) is 0. The van der Waals surface area contributed by atoms with E-state index in [0.717, 1.165) is 22.5 Å². The fourth-order valence-electron chi connectivity index (χ4n) is 2.15. The minimum Gasteiger partial charge on any atom is -0.457 e. The Balaban J connectivity index is 2.26. The standard InChI is InChI=1S/C17H20BrNO/c1-4-19-13(3)15-7-5-6-8-17(15)20-14-9-10-16(18)12(2)11-14/h5-11,13,19H,4H2,1-3H3. The lowest BCUT2D eigenvalue weighted by Gasteiger charge is -2.17. The lowest BCUT2D eigenvalue weighted by Crippen LogP contribution is -2.18. The van der Waals surface area contributed by atoms with Crippen molar-refractivity contribution in [1.29, 1.82) is 0 Å². The molecule has 1 N–H and O–H groups in total. The second-order valence-electron chi connectivity index (χ2n) is 4.83. The molecule has 0 heterocycles. The van der Waals surface area contributed by atoms with Gasteiger partial charge in [-0.3, -0.25) is 0 Å². The number of rotatable bonds is 5. The summed E-state index contributed by atoms with van der Waals surface area (Å²) in [5, 5.41) is 3.42. The van der Waals surface area contributed by atoms with E-state index in [1.54, 1.807) is 0 Å². The maximum Gasteiger partial charge on any atom is 0.132 e. The zero-order valence-corrected chi connectivity index (χ0v) is 13.7. The molecule has 0 saturated carbocycles. The number of para-hydroxylation sites is 1. The maximum atomic E-state index is 6.05. The van der Waals surface area contributed by atoms with E-state index in [4.69, 9.17) is 4.74 Å². The van der Waals surface area contributed by atoms with Crippen LogP contribution in [0.4, 0.5) is 0 Å². The molecular formula is C17H20BrNO. The number of benzene rings is 2. The normalized spacial score (nSPS) is 12.2. The van der Waals surface area contributed by atoms with Gasteiger partial charge in [0.2, 0.25) is 0 Å². The largest absolute Gasteiger partial charge is 0.457 e. The fourth-order valence-corrected chi connectivity index (χ4v) is 2.40. The van der Waals surface area contributed by atoms with Gasteiger partial charge in [0.15, 0.2) is 0 Å². The van der Waals surface area contributed by atoms with Crippen LogP contribution < -0.4 is 10.1 Å². The molecule has 2 rings (SSSR count). The molecule has 0 bridgehead atoms. The van der Waals surface area contributed by atoms with Gasteiger partial charge < -0.3 is 10.1 Å². The molecule has 0 aliphatic carbocycles. The molecular weight excluding hydrogens is 314 g/mol. The molecule has 1 unspecified atom stereocenters. The summed E-state index contributed by atoms with van der Waals surface area (Å²) < 4.78 is 7.15. The minimum atomic E-state index is 0.271. The number of nitrogens with one attached hydrogen (secondary N) is 1. The number of hydrogen-bond acceptors (Lipinski definition) is 2. The van der Waals surface area contributed by atoms with Gasteiger partial charge in [-0.1, -0.05) is 41.1 Å². The number of aryl methyl sites for hydroxylation is 1.